The van der Waals surface area contributed by atoms with Gasteiger partial charge in [-0.1, -0.05) is 113 Å². The van der Waals surface area contributed by atoms with Gasteiger partial charge >= 0.3 is 0 Å². The van der Waals surface area contributed by atoms with Gasteiger partial charge in [0.1, 0.15) is 16.8 Å². The van der Waals surface area contributed by atoms with Crippen LogP contribution >= 0.6 is 15.9 Å². The highest BCUT2D eigenvalue weighted by Crippen LogP contribution is 2.48. The van der Waals surface area contributed by atoms with Crippen molar-refractivity contribution in [1.82, 2.24) is 0 Å². The first-order valence-corrected chi connectivity index (χ1v) is 12.7. The predicted octanol–water partition coefficient (Wildman–Crippen LogP) is 8.78. The van der Waals surface area contributed by atoms with Crippen LogP contribution in [0.2, 0.25) is 0 Å². The molecule has 0 fully saturated rings. The molecular weight excluding hydrogens is 508 g/mol. The van der Waals surface area contributed by atoms with E-state index in [0.717, 1.165) is 65.4 Å². The third kappa shape index (κ3) is 3.07. The summed E-state index contributed by atoms with van der Waals surface area (Å²) in [6.07, 6.45) is 4.18. The molecule has 1 aromatic heterocycles. The van der Waals surface area contributed by atoms with E-state index in [9.17, 15) is 5.11 Å². The summed E-state index contributed by atoms with van der Waals surface area (Å²) < 4.78 is 7.12. The van der Waals surface area contributed by atoms with Crippen molar-refractivity contribution in [3.63, 3.8) is 0 Å². The van der Waals surface area contributed by atoms with Crippen LogP contribution < -0.4 is 0 Å². The van der Waals surface area contributed by atoms with Crippen LogP contribution in [0, 0.1) is 0 Å². The molecule has 36 heavy (non-hydrogen) atoms. The van der Waals surface area contributed by atoms with Gasteiger partial charge in [0.25, 0.3) is 0 Å². The second-order valence-corrected chi connectivity index (χ2v) is 10.1. The van der Waals surface area contributed by atoms with Crippen LogP contribution in [0.4, 0.5) is 0 Å². The van der Waals surface area contributed by atoms with Crippen LogP contribution in [0.15, 0.2) is 118 Å². The van der Waals surface area contributed by atoms with E-state index in [1.54, 1.807) is 0 Å². The summed E-state index contributed by atoms with van der Waals surface area (Å²) in [4.78, 5) is 0. The van der Waals surface area contributed by atoms with Crippen molar-refractivity contribution in [2.24, 2.45) is 0 Å². The van der Waals surface area contributed by atoms with E-state index in [-0.39, 0.29) is 0 Å². The Morgan fingerprint density at radius 3 is 2.14 bits per heavy atom. The molecule has 0 bridgehead atoms. The van der Waals surface area contributed by atoms with E-state index in [0.29, 0.717) is 0 Å². The molecule has 2 nitrogen and oxygen atoms in total. The minimum absolute atomic E-state index is 0.832. The zero-order chi connectivity index (χ0) is 24.3. The van der Waals surface area contributed by atoms with Crippen molar-refractivity contribution < 1.29 is 9.52 Å². The summed E-state index contributed by atoms with van der Waals surface area (Å²) >= 11 is 3.65. The first-order chi connectivity index (χ1) is 17.6. The molecule has 1 aliphatic rings. The van der Waals surface area contributed by atoms with Crippen molar-refractivity contribution in [3.05, 3.63) is 141 Å². The van der Waals surface area contributed by atoms with Gasteiger partial charge < -0.3 is 9.52 Å². The number of hydrogen-bond acceptors (Lipinski definition) is 2. The monoisotopic (exact) mass is 528 g/mol. The van der Waals surface area contributed by atoms with Crippen LogP contribution in [-0.4, -0.2) is 5.11 Å². The molecule has 0 spiro atoms. The molecule has 0 aliphatic heterocycles. The molecule has 1 unspecified atom stereocenters. The number of benzene rings is 5. The van der Waals surface area contributed by atoms with Crippen molar-refractivity contribution in [2.75, 3.05) is 0 Å². The first-order valence-electron chi connectivity index (χ1n) is 11.9. The van der Waals surface area contributed by atoms with Gasteiger partial charge in [-0.05, 0) is 52.1 Å². The van der Waals surface area contributed by atoms with E-state index in [2.05, 4.69) is 58.4 Å². The average Bonchev–Trinajstić information content (AvgIpc) is 3.25. The normalized spacial score (nSPS) is 16.6. The van der Waals surface area contributed by atoms with E-state index >= 15 is 0 Å². The van der Waals surface area contributed by atoms with Gasteiger partial charge in [0, 0.05) is 26.4 Å². The van der Waals surface area contributed by atoms with E-state index in [4.69, 9.17) is 4.42 Å². The number of hydrogen-bond donors (Lipinski definition) is 1. The van der Waals surface area contributed by atoms with Crippen LogP contribution in [0.25, 0.3) is 45.2 Å². The number of para-hydroxylation sites is 1. The quantitative estimate of drug-likeness (QED) is 0.243. The Morgan fingerprint density at radius 2 is 1.25 bits per heavy atom. The smallest absolute Gasteiger partial charge is 0.142 e. The SMILES string of the molecule is OC1(c2ccccc2-c2cccc3oc4ccccc4c23)c2ccccc2C=Cc2ccc(Br)cc21. The highest BCUT2D eigenvalue weighted by Gasteiger charge is 2.40. The van der Waals surface area contributed by atoms with Crippen molar-refractivity contribution in [2.45, 2.75) is 5.60 Å². The molecule has 1 atom stereocenters. The number of rotatable bonds is 2. The number of halogens is 1. The molecule has 7 rings (SSSR count). The molecule has 172 valence electrons. The first kappa shape index (κ1) is 21.4. The van der Waals surface area contributed by atoms with Gasteiger partial charge in [0.15, 0.2) is 0 Å². The van der Waals surface area contributed by atoms with Gasteiger partial charge in [-0.25, -0.2) is 0 Å². The van der Waals surface area contributed by atoms with Gasteiger partial charge in [0.2, 0.25) is 0 Å². The molecule has 0 saturated heterocycles. The fourth-order valence-electron chi connectivity index (χ4n) is 5.61. The second-order valence-electron chi connectivity index (χ2n) is 9.19. The lowest BCUT2D eigenvalue weighted by molar-refractivity contribution is 0.126. The maximum absolute atomic E-state index is 12.9. The lowest BCUT2D eigenvalue weighted by Gasteiger charge is -2.33. The summed E-state index contributed by atoms with van der Waals surface area (Å²) in [7, 11) is 0. The highest BCUT2D eigenvalue weighted by molar-refractivity contribution is 9.10. The molecule has 1 N–H and O–H groups in total. The molecule has 1 heterocycles. The van der Waals surface area contributed by atoms with Crippen LogP contribution in [0.5, 0.6) is 0 Å². The molecule has 3 heteroatoms. The molecular formula is C33H21BrO2. The maximum Gasteiger partial charge on any atom is 0.142 e. The summed E-state index contributed by atoms with van der Waals surface area (Å²) in [5.74, 6) is 0. The van der Waals surface area contributed by atoms with Gasteiger partial charge in [-0.3, -0.25) is 0 Å². The Kier molecular flexibility index (Phi) is 4.78. The second kappa shape index (κ2) is 8.06. The molecule has 0 radical (unpaired) electrons. The van der Waals surface area contributed by atoms with E-state index < -0.39 is 5.60 Å². The Hall–Kier alpha value is -3.92. The molecule has 0 amide bonds. The number of furan rings is 1. The Morgan fingerprint density at radius 1 is 0.583 bits per heavy atom. The lowest BCUT2D eigenvalue weighted by Crippen LogP contribution is -2.31. The highest BCUT2D eigenvalue weighted by atomic mass is 79.9. The van der Waals surface area contributed by atoms with Gasteiger partial charge in [0.05, 0.1) is 0 Å². The Labute approximate surface area is 217 Å². The van der Waals surface area contributed by atoms with Crippen LogP contribution in [-0.2, 0) is 5.60 Å². The third-order valence-electron chi connectivity index (χ3n) is 7.21. The Balaban J connectivity index is 1.60. The largest absolute Gasteiger partial charge is 0.456 e. The zero-order valence-corrected chi connectivity index (χ0v) is 20.9. The zero-order valence-electron chi connectivity index (χ0n) is 19.3. The average molecular weight is 529 g/mol. The molecule has 1 aliphatic carbocycles. The summed E-state index contributed by atoms with van der Waals surface area (Å²) in [6, 6.07) is 36.7. The van der Waals surface area contributed by atoms with Crippen molar-refractivity contribution in [3.8, 4) is 11.1 Å². The summed E-state index contributed by atoms with van der Waals surface area (Å²) in [5.41, 5.74) is 6.83. The topological polar surface area (TPSA) is 33.4 Å². The summed E-state index contributed by atoms with van der Waals surface area (Å²) in [6.45, 7) is 0. The molecule has 0 saturated carbocycles. The fraction of sp³-hybridized carbons (Fsp3) is 0.0303. The van der Waals surface area contributed by atoms with Crippen LogP contribution in [0.3, 0.4) is 0 Å². The fourth-order valence-corrected chi connectivity index (χ4v) is 5.97. The Bertz CT molecular complexity index is 1830. The van der Waals surface area contributed by atoms with Gasteiger partial charge in [-0.15, -0.1) is 0 Å². The van der Waals surface area contributed by atoms with Gasteiger partial charge in [-0.2, -0.15) is 0 Å². The molecule has 5 aromatic carbocycles. The lowest BCUT2D eigenvalue weighted by atomic mass is 9.75. The predicted molar refractivity (Wildman–Crippen MR) is 151 cm³/mol. The van der Waals surface area contributed by atoms with E-state index in [1.165, 1.54) is 0 Å². The van der Waals surface area contributed by atoms with Crippen LogP contribution in [0.1, 0.15) is 27.8 Å². The van der Waals surface area contributed by atoms with Crippen molar-refractivity contribution in [1.29, 1.82) is 0 Å². The maximum atomic E-state index is 12.9. The number of fused-ring (bicyclic) bond motifs is 5. The number of aliphatic hydroxyl groups is 1. The minimum Gasteiger partial charge on any atom is -0.456 e. The minimum atomic E-state index is -1.38. The third-order valence-corrected chi connectivity index (χ3v) is 7.70. The standard InChI is InChI=1S/C33H21BrO2/c34-23-19-18-22-17-16-21-8-1-4-12-27(21)33(35,29(22)20-23)28-13-5-2-9-24(28)25-11-7-15-31-32(25)26-10-3-6-14-30(26)36-31/h1-20,35H. The van der Waals surface area contributed by atoms with E-state index in [1.807, 2.05) is 78.9 Å². The summed E-state index contributed by atoms with van der Waals surface area (Å²) in [5, 5.41) is 15.1. The van der Waals surface area contributed by atoms with Crippen molar-refractivity contribution >= 4 is 50.0 Å². The molecule has 6 aromatic rings.